The van der Waals surface area contributed by atoms with Gasteiger partial charge >= 0.3 is 6.36 Å². The van der Waals surface area contributed by atoms with Gasteiger partial charge in [-0.05, 0) is 35.4 Å². The molecule has 0 aliphatic carbocycles. The van der Waals surface area contributed by atoms with Crippen molar-refractivity contribution in [2.75, 3.05) is 12.3 Å². The van der Waals surface area contributed by atoms with E-state index in [9.17, 15) is 26.4 Å². The SMILES string of the molecule is O=C(NS(=O)(=O)CCN(Cc1ccccc1)Cc1ccccc1)c1ccc(OC(F)(F)F)cc1. The number of benzene rings is 3. The van der Waals surface area contributed by atoms with Gasteiger partial charge in [-0.1, -0.05) is 60.7 Å². The lowest BCUT2D eigenvalue weighted by molar-refractivity contribution is -0.274. The molecule has 1 amide bonds. The number of hydrogen-bond donors (Lipinski definition) is 1. The largest absolute Gasteiger partial charge is 0.573 e. The van der Waals surface area contributed by atoms with Crippen molar-refractivity contribution in [1.29, 1.82) is 0 Å². The molecular formula is C24H23F3N2O4S. The highest BCUT2D eigenvalue weighted by Gasteiger charge is 2.31. The quantitative estimate of drug-likeness (QED) is 0.456. The first-order chi connectivity index (χ1) is 16.1. The molecule has 34 heavy (non-hydrogen) atoms. The van der Waals surface area contributed by atoms with Crippen LogP contribution in [0.4, 0.5) is 13.2 Å². The smallest absolute Gasteiger partial charge is 0.406 e. The Labute approximate surface area is 196 Å². The molecule has 0 aromatic heterocycles. The highest BCUT2D eigenvalue weighted by Crippen LogP contribution is 2.22. The maximum Gasteiger partial charge on any atom is 0.573 e. The number of amides is 1. The van der Waals surface area contributed by atoms with E-state index in [1.165, 1.54) is 0 Å². The maximum atomic E-state index is 12.5. The number of sulfonamides is 1. The molecule has 0 saturated heterocycles. The minimum absolute atomic E-state index is 0.108. The van der Waals surface area contributed by atoms with Crippen LogP contribution in [0.25, 0.3) is 0 Å². The van der Waals surface area contributed by atoms with Gasteiger partial charge in [-0.15, -0.1) is 13.2 Å². The Morgan fingerprint density at radius 3 is 1.79 bits per heavy atom. The van der Waals surface area contributed by atoms with E-state index in [0.29, 0.717) is 13.1 Å². The number of halogens is 3. The Morgan fingerprint density at radius 2 is 1.32 bits per heavy atom. The molecule has 0 atom stereocenters. The van der Waals surface area contributed by atoms with Crippen LogP contribution in [0, 0.1) is 0 Å². The second kappa shape index (κ2) is 11.2. The summed E-state index contributed by atoms with van der Waals surface area (Å²) in [6.07, 6.45) is -4.86. The molecule has 0 spiro atoms. The topological polar surface area (TPSA) is 75.7 Å². The molecule has 3 aromatic rings. The fourth-order valence-corrected chi connectivity index (χ4v) is 4.21. The van der Waals surface area contributed by atoms with Crippen LogP contribution in [0.2, 0.25) is 0 Å². The highest BCUT2D eigenvalue weighted by molar-refractivity contribution is 7.90. The highest BCUT2D eigenvalue weighted by atomic mass is 32.2. The summed E-state index contributed by atoms with van der Waals surface area (Å²) in [5.74, 6) is -1.78. The third-order valence-electron chi connectivity index (χ3n) is 4.77. The number of nitrogens with one attached hydrogen (secondary N) is 1. The van der Waals surface area contributed by atoms with Crippen molar-refractivity contribution >= 4 is 15.9 Å². The molecule has 180 valence electrons. The third-order valence-corrected chi connectivity index (χ3v) is 5.99. The monoisotopic (exact) mass is 492 g/mol. The predicted molar refractivity (Wildman–Crippen MR) is 121 cm³/mol. The fraction of sp³-hybridized carbons (Fsp3) is 0.208. The molecule has 0 fully saturated rings. The van der Waals surface area contributed by atoms with Crippen LogP contribution in [0.15, 0.2) is 84.9 Å². The zero-order valence-corrected chi connectivity index (χ0v) is 18.9. The van der Waals surface area contributed by atoms with Crippen molar-refractivity contribution in [3.63, 3.8) is 0 Å². The molecular weight excluding hydrogens is 469 g/mol. The van der Waals surface area contributed by atoms with Gasteiger partial charge in [0.05, 0.1) is 5.75 Å². The first kappa shape index (κ1) is 25.3. The molecule has 1 N–H and O–H groups in total. The van der Waals surface area contributed by atoms with Crippen molar-refractivity contribution < 1.29 is 31.1 Å². The van der Waals surface area contributed by atoms with Gasteiger partial charge in [-0.3, -0.25) is 9.69 Å². The van der Waals surface area contributed by atoms with Gasteiger partial charge in [0, 0.05) is 25.2 Å². The van der Waals surface area contributed by atoms with Gasteiger partial charge in [-0.25, -0.2) is 13.1 Å². The van der Waals surface area contributed by atoms with Crippen LogP contribution in [-0.4, -0.2) is 37.9 Å². The average Bonchev–Trinajstić information content (AvgIpc) is 2.78. The van der Waals surface area contributed by atoms with Gasteiger partial charge in [0.15, 0.2) is 0 Å². The number of alkyl halides is 3. The minimum Gasteiger partial charge on any atom is -0.406 e. The molecule has 0 aliphatic rings. The normalized spacial score (nSPS) is 11.9. The average molecular weight is 493 g/mol. The van der Waals surface area contributed by atoms with Gasteiger partial charge in [0.25, 0.3) is 5.91 Å². The van der Waals surface area contributed by atoms with E-state index >= 15 is 0 Å². The standard InChI is InChI=1S/C24H23F3N2O4S/c25-24(26,27)33-22-13-11-21(12-14-22)23(30)28-34(31,32)16-15-29(17-19-7-3-1-4-8-19)18-20-9-5-2-6-10-20/h1-14H,15-18H2,(H,28,30). The molecule has 0 radical (unpaired) electrons. The maximum absolute atomic E-state index is 12.5. The second-order valence-electron chi connectivity index (χ2n) is 7.50. The van der Waals surface area contributed by atoms with E-state index in [4.69, 9.17) is 0 Å². The Morgan fingerprint density at radius 1 is 0.824 bits per heavy atom. The van der Waals surface area contributed by atoms with Crippen molar-refractivity contribution in [3.05, 3.63) is 102 Å². The summed E-state index contributed by atoms with van der Waals surface area (Å²) in [6.45, 7) is 1.19. The molecule has 3 rings (SSSR count). The lowest BCUT2D eigenvalue weighted by atomic mass is 10.1. The van der Waals surface area contributed by atoms with Crippen LogP contribution in [-0.2, 0) is 23.1 Å². The number of rotatable bonds is 10. The van der Waals surface area contributed by atoms with Crippen LogP contribution >= 0.6 is 0 Å². The lowest BCUT2D eigenvalue weighted by Crippen LogP contribution is -2.37. The van der Waals surface area contributed by atoms with E-state index in [1.54, 1.807) is 0 Å². The summed E-state index contributed by atoms with van der Waals surface area (Å²) in [7, 11) is -4.00. The van der Waals surface area contributed by atoms with E-state index in [0.717, 1.165) is 35.4 Å². The molecule has 6 nitrogen and oxygen atoms in total. The van der Waals surface area contributed by atoms with Gasteiger partial charge in [0.1, 0.15) is 5.75 Å². The first-order valence-corrected chi connectivity index (χ1v) is 12.0. The summed E-state index contributed by atoms with van der Waals surface area (Å²) in [6, 6.07) is 23.2. The van der Waals surface area contributed by atoms with Crippen LogP contribution in [0.5, 0.6) is 5.75 Å². The molecule has 0 bridgehead atoms. The predicted octanol–water partition coefficient (Wildman–Crippen LogP) is 4.35. The Bertz CT molecular complexity index is 1130. The summed E-state index contributed by atoms with van der Waals surface area (Å²) in [5.41, 5.74) is 1.92. The fourth-order valence-electron chi connectivity index (χ4n) is 3.21. The Hall–Kier alpha value is -3.37. The van der Waals surface area contributed by atoms with E-state index < -0.39 is 28.0 Å². The lowest BCUT2D eigenvalue weighted by Gasteiger charge is -2.22. The number of carbonyl (C=O) groups is 1. The van der Waals surface area contributed by atoms with Crippen molar-refractivity contribution in [2.24, 2.45) is 0 Å². The number of nitrogens with zero attached hydrogens (tertiary/aromatic N) is 1. The molecule has 0 saturated carbocycles. The number of hydrogen-bond acceptors (Lipinski definition) is 5. The Kier molecular flexibility index (Phi) is 8.30. The van der Waals surface area contributed by atoms with Crippen LogP contribution < -0.4 is 9.46 Å². The molecule has 0 unspecified atom stereocenters. The Balaban J connectivity index is 1.62. The second-order valence-corrected chi connectivity index (χ2v) is 9.35. The summed E-state index contributed by atoms with van der Waals surface area (Å²) >= 11 is 0. The van der Waals surface area contributed by atoms with Crippen molar-refractivity contribution in [2.45, 2.75) is 19.5 Å². The van der Waals surface area contributed by atoms with E-state index in [-0.39, 0.29) is 17.9 Å². The summed E-state index contributed by atoms with van der Waals surface area (Å²) < 4.78 is 67.6. The summed E-state index contributed by atoms with van der Waals surface area (Å²) in [5, 5.41) is 0. The zero-order valence-electron chi connectivity index (χ0n) is 18.0. The van der Waals surface area contributed by atoms with Gasteiger partial charge < -0.3 is 4.74 Å². The van der Waals surface area contributed by atoms with Gasteiger partial charge in [-0.2, -0.15) is 0 Å². The zero-order chi connectivity index (χ0) is 24.6. The third kappa shape index (κ3) is 8.53. The number of carbonyl (C=O) groups excluding carboxylic acids is 1. The van der Waals surface area contributed by atoms with E-state index in [1.807, 2.05) is 70.3 Å². The van der Waals surface area contributed by atoms with Crippen molar-refractivity contribution in [1.82, 2.24) is 9.62 Å². The van der Waals surface area contributed by atoms with Gasteiger partial charge in [0.2, 0.25) is 10.0 Å². The van der Waals surface area contributed by atoms with Crippen LogP contribution in [0.3, 0.4) is 0 Å². The van der Waals surface area contributed by atoms with E-state index in [2.05, 4.69) is 4.74 Å². The summed E-state index contributed by atoms with van der Waals surface area (Å²) in [4.78, 5) is 14.3. The number of ether oxygens (including phenoxy) is 1. The van der Waals surface area contributed by atoms with Crippen LogP contribution in [0.1, 0.15) is 21.5 Å². The molecule has 3 aromatic carbocycles. The molecule has 0 aliphatic heterocycles. The molecule has 10 heteroatoms. The first-order valence-electron chi connectivity index (χ1n) is 10.3. The minimum atomic E-state index is -4.86. The molecule has 0 heterocycles. The van der Waals surface area contributed by atoms with Crippen molar-refractivity contribution in [3.8, 4) is 5.75 Å².